The summed E-state index contributed by atoms with van der Waals surface area (Å²) in [5.41, 5.74) is 0.225. The molecule has 9 heteroatoms. The van der Waals surface area contributed by atoms with Crippen LogP contribution in [0.15, 0.2) is 42.5 Å². The largest absolute Gasteiger partial charge is 0.490 e. The minimum Gasteiger partial charge on any atom is -0.490 e. The molecule has 1 atom stereocenters. The number of hydrogen-bond acceptors (Lipinski definition) is 5. The van der Waals surface area contributed by atoms with E-state index in [1.54, 1.807) is 0 Å². The first kappa shape index (κ1) is 18.8. The summed E-state index contributed by atoms with van der Waals surface area (Å²) >= 11 is 0. The van der Waals surface area contributed by atoms with Crippen LogP contribution >= 0.6 is 0 Å². The molecule has 2 rings (SSSR count). The Morgan fingerprint density at radius 3 is 2.46 bits per heavy atom. The summed E-state index contributed by atoms with van der Waals surface area (Å²) in [6.45, 7) is 0. The third kappa shape index (κ3) is 4.53. The Bertz CT molecular complexity index is 838. The predicted octanol–water partition coefficient (Wildman–Crippen LogP) is 2.17. The van der Waals surface area contributed by atoms with E-state index in [1.807, 2.05) is 0 Å². The number of methoxy groups -OCH3 is 1. The minimum atomic E-state index is -1.27. The van der Waals surface area contributed by atoms with Gasteiger partial charge < -0.3 is 15.2 Å². The van der Waals surface area contributed by atoms with Crippen molar-refractivity contribution in [1.82, 2.24) is 5.32 Å². The molecule has 8 nitrogen and oxygen atoms in total. The molecule has 2 aromatic rings. The van der Waals surface area contributed by atoms with Crippen molar-refractivity contribution in [1.29, 1.82) is 0 Å². The molecule has 0 aromatic heterocycles. The molecular formula is C17H15FN2O6. The number of carbonyl (C=O) groups is 2. The van der Waals surface area contributed by atoms with Gasteiger partial charge in [0.05, 0.1) is 12.0 Å². The third-order valence-corrected chi connectivity index (χ3v) is 3.60. The maximum Gasteiger partial charge on any atom is 0.326 e. The Labute approximate surface area is 147 Å². The lowest BCUT2D eigenvalue weighted by Gasteiger charge is -2.15. The number of ether oxygens (including phenoxy) is 1. The van der Waals surface area contributed by atoms with Gasteiger partial charge in [-0.2, -0.15) is 0 Å². The lowest BCUT2D eigenvalue weighted by Crippen LogP contribution is -2.42. The van der Waals surface area contributed by atoms with Crippen LogP contribution in [0.1, 0.15) is 15.9 Å². The fraction of sp³-hybridized carbons (Fsp3) is 0.176. The molecule has 0 spiro atoms. The lowest BCUT2D eigenvalue weighted by atomic mass is 10.1. The van der Waals surface area contributed by atoms with Crippen LogP contribution in [-0.2, 0) is 11.2 Å². The highest BCUT2D eigenvalue weighted by molar-refractivity contribution is 5.97. The Morgan fingerprint density at radius 1 is 1.27 bits per heavy atom. The number of rotatable bonds is 7. The zero-order valence-electron chi connectivity index (χ0n) is 13.6. The molecule has 0 heterocycles. The number of amides is 1. The van der Waals surface area contributed by atoms with Crippen molar-refractivity contribution in [3.8, 4) is 5.75 Å². The summed E-state index contributed by atoms with van der Waals surface area (Å²) in [4.78, 5) is 33.9. The Kier molecular flexibility index (Phi) is 5.84. The van der Waals surface area contributed by atoms with E-state index in [0.29, 0.717) is 5.56 Å². The average Bonchev–Trinajstić information content (AvgIpc) is 2.61. The number of carboxylic acid groups (broad SMARTS) is 1. The van der Waals surface area contributed by atoms with E-state index in [2.05, 4.69) is 5.32 Å². The van der Waals surface area contributed by atoms with Crippen molar-refractivity contribution in [3.05, 3.63) is 69.5 Å². The first-order valence-electron chi connectivity index (χ1n) is 7.42. The molecule has 0 radical (unpaired) electrons. The highest BCUT2D eigenvalue weighted by Crippen LogP contribution is 2.27. The van der Waals surface area contributed by atoms with E-state index in [9.17, 15) is 29.2 Å². The number of carbonyl (C=O) groups excluding carboxylic acids is 1. The number of nitrogens with zero attached hydrogens (tertiary/aromatic N) is 1. The normalized spacial score (nSPS) is 11.5. The average molecular weight is 362 g/mol. The zero-order valence-corrected chi connectivity index (χ0v) is 13.6. The molecule has 0 aliphatic heterocycles. The van der Waals surface area contributed by atoms with Crippen LogP contribution in [-0.4, -0.2) is 35.1 Å². The molecule has 0 bridgehead atoms. The summed E-state index contributed by atoms with van der Waals surface area (Å²) in [5, 5.41) is 22.5. The van der Waals surface area contributed by atoms with Crippen LogP contribution in [0.25, 0.3) is 0 Å². The van der Waals surface area contributed by atoms with Gasteiger partial charge in [-0.3, -0.25) is 14.9 Å². The molecule has 0 saturated heterocycles. The number of benzene rings is 2. The molecule has 2 aromatic carbocycles. The molecule has 0 fully saturated rings. The standard InChI is InChI=1S/C17H15FN2O6/c1-26-15-9-11(4-7-14(15)20(24)25)16(21)19-13(17(22)23)8-10-2-5-12(18)6-3-10/h2-7,9,13H,8H2,1H3,(H,19,21)(H,22,23)/t13-/m1/s1. The summed E-state index contributed by atoms with van der Waals surface area (Å²) < 4.78 is 17.8. The third-order valence-electron chi connectivity index (χ3n) is 3.60. The first-order valence-corrected chi connectivity index (χ1v) is 7.42. The maximum absolute atomic E-state index is 12.9. The zero-order chi connectivity index (χ0) is 19.3. The van der Waals surface area contributed by atoms with Gasteiger partial charge in [-0.1, -0.05) is 12.1 Å². The Hall–Kier alpha value is -3.49. The Morgan fingerprint density at radius 2 is 1.92 bits per heavy atom. The summed E-state index contributed by atoms with van der Waals surface area (Å²) in [5.74, 6) is -2.57. The van der Waals surface area contributed by atoms with Gasteiger partial charge in [0.1, 0.15) is 11.9 Å². The van der Waals surface area contributed by atoms with E-state index >= 15 is 0 Å². The van der Waals surface area contributed by atoms with Gasteiger partial charge in [-0.15, -0.1) is 0 Å². The summed E-state index contributed by atoms with van der Waals surface area (Å²) in [7, 11) is 1.22. The molecule has 2 N–H and O–H groups in total. The molecule has 0 aliphatic rings. The number of hydrogen-bond donors (Lipinski definition) is 2. The molecule has 136 valence electrons. The van der Waals surface area contributed by atoms with E-state index < -0.39 is 28.7 Å². The molecule has 26 heavy (non-hydrogen) atoms. The number of nitrogens with one attached hydrogen (secondary N) is 1. The summed E-state index contributed by atoms with van der Waals surface area (Å²) in [6, 6.07) is 7.43. The van der Waals surface area contributed by atoms with E-state index in [0.717, 1.165) is 12.1 Å². The van der Waals surface area contributed by atoms with Crippen LogP contribution in [0.4, 0.5) is 10.1 Å². The van der Waals surface area contributed by atoms with E-state index in [4.69, 9.17) is 4.74 Å². The van der Waals surface area contributed by atoms with Crippen molar-refractivity contribution in [3.63, 3.8) is 0 Å². The number of nitro benzene ring substituents is 1. The molecule has 0 saturated carbocycles. The second-order valence-corrected chi connectivity index (χ2v) is 5.34. The fourth-order valence-electron chi connectivity index (χ4n) is 2.27. The highest BCUT2D eigenvalue weighted by Gasteiger charge is 2.23. The van der Waals surface area contributed by atoms with Gasteiger partial charge in [-0.05, 0) is 23.8 Å². The van der Waals surface area contributed by atoms with Crippen LogP contribution in [0.5, 0.6) is 5.75 Å². The van der Waals surface area contributed by atoms with E-state index in [1.165, 1.54) is 37.4 Å². The van der Waals surface area contributed by atoms with Gasteiger partial charge in [0.25, 0.3) is 5.91 Å². The van der Waals surface area contributed by atoms with Crippen LogP contribution in [0.3, 0.4) is 0 Å². The van der Waals surface area contributed by atoms with Gasteiger partial charge in [0, 0.05) is 24.1 Å². The minimum absolute atomic E-state index is 0.0119. The fourth-order valence-corrected chi connectivity index (χ4v) is 2.27. The van der Waals surface area contributed by atoms with Crippen molar-refractivity contribution >= 4 is 17.6 Å². The molecule has 1 amide bonds. The van der Waals surface area contributed by atoms with Gasteiger partial charge >= 0.3 is 11.7 Å². The highest BCUT2D eigenvalue weighted by atomic mass is 19.1. The van der Waals surface area contributed by atoms with Crippen molar-refractivity contribution in [2.24, 2.45) is 0 Å². The van der Waals surface area contributed by atoms with Crippen LogP contribution in [0, 0.1) is 15.9 Å². The molecular weight excluding hydrogens is 347 g/mol. The summed E-state index contributed by atoms with van der Waals surface area (Å²) in [6.07, 6.45) is -0.0501. The first-order chi connectivity index (χ1) is 12.3. The van der Waals surface area contributed by atoms with Gasteiger partial charge in [0.2, 0.25) is 0 Å². The Balaban J connectivity index is 2.18. The quantitative estimate of drug-likeness (QED) is 0.575. The SMILES string of the molecule is COc1cc(C(=O)N[C@H](Cc2ccc(F)cc2)C(=O)O)ccc1[N+](=O)[O-]. The molecule has 0 aliphatic carbocycles. The van der Waals surface area contributed by atoms with E-state index in [-0.39, 0.29) is 23.4 Å². The lowest BCUT2D eigenvalue weighted by molar-refractivity contribution is -0.385. The van der Waals surface area contributed by atoms with Crippen molar-refractivity contribution in [2.45, 2.75) is 12.5 Å². The second kappa shape index (κ2) is 8.06. The van der Waals surface area contributed by atoms with Gasteiger partial charge in [-0.25, -0.2) is 9.18 Å². The number of carboxylic acids is 1. The predicted molar refractivity (Wildman–Crippen MR) is 88.6 cm³/mol. The topological polar surface area (TPSA) is 119 Å². The van der Waals surface area contributed by atoms with Crippen molar-refractivity contribution in [2.75, 3.05) is 7.11 Å². The molecule has 0 unspecified atom stereocenters. The van der Waals surface area contributed by atoms with Crippen LogP contribution in [0.2, 0.25) is 0 Å². The van der Waals surface area contributed by atoms with Crippen LogP contribution < -0.4 is 10.1 Å². The number of nitro groups is 1. The number of halogens is 1. The second-order valence-electron chi connectivity index (χ2n) is 5.34. The number of aliphatic carboxylic acids is 1. The smallest absolute Gasteiger partial charge is 0.326 e. The van der Waals surface area contributed by atoms with Crippen molar-refractivity contribution < 1.29 is 28.7 Å². The maximum atomic E-state index is 12.9. The monoisotopic (exact) mass is 362 g/mol. The van der Waals surface area contributed by atoms with Gasteiger partial charge in [0.15, 0.2) is 5.75 Å².